The first-order valence-electron chi connectivity index (χ1n) is 28.7. The highest BCUT2D eigenvalue weighted by molar-refractivity contribution is 5.67. The van der Waals surface area contributed by atoms with Crippen LogP contribution in [0.5, 0.6) is 0 Å². The van der Waals surface area contributed by atoms with E-state index in [1.165, 1.54) is 272 Å². The molecule has 9 heteroatoms. The predicted octanol–water partition coefficient (Wildman–Crippen LogP) is 17.7. The second-order valence-corrected chi connectivity index (χ2v) is 18.3. The highest BCUT2D eigenvalue weighted by Crippen LogP contribution is 2.16. The van der Waals surface area contributed by atoms with Crippen molar-refractivity contribution in [1.29, 1.82) is 0 Å². The van der Waals surface area contributed by atoms with Crippen molar-refractivity contribution in [3.63, 3.8) is 0 Å². The van der Waals surface area contributed by atoms with Crippen LogP contribution >= 0.6 is 0 Å². The van der Waals surface area contributed by atoms with Gasteiger partial charge in [-0.3, -0.25) is 14.4 Å². The lowest BCUT2D eigenvalue weighted by Gasteiger charge is -2.03. The Labute approximate surface area is 413 Å². The zero-order chi connectivity index (χ0) is 50.7. The van der Waals surface area contributed by atoms with Gasteiger partial charge in [-0.1, -0.05) is 290 Å². The molecular formula is C57H123N3O6. The summed E-state index contributed by atoms with van der Waals surface area (Å²) < 4.78 is 0. The number of carboxylic acids is 3. The van der Waals surface area contributed by atoms with Gasteiger partial charge in [-0.05, 0) is 40.4 Å². The molecular weight excluding hydrogens is 823 g/mol. The van der Waals surface area contributed by atoms with Crippen LogP contribution in [0.15, 0.2) is 0 Å². The van der Waals surface area contributed by atoms with Crippen LogP contribution in [-0.4, -0.2) is 54.4 Å². The number of hydrogen-bond donors (Lipinski definition) is 6. The van der Waals surface area contributed by atoms with Crippen LogP contribution in [0.25, 0.3) is 0 Å². The average molecular weight is 947 g/mol. The van der Waals surface area contributed by atoms with Gasteiger partial charge in [0.1, 0.15) is 0 Å². The highest BCUT2D eigenvalue weighted by Gasteiger charge is 2.00. The van der Waals surface area contributed by atoms with Crippen molar-refractivity contribution in [2.75, 3.05) is 21.1 Å². The van der Waals surface area contributed by atoms with Gasteiger partial charge in [0.15, 0.2) is 0 Å². The minimum Gasteiger partial charge on any atom is -0.481 e. The molecule has 0 unspecified atom stereocenters. The molecule has 0 aromatic carbocycles. The van der Waals surface area contributed by atoms with E-state index in [-0.39, 0.29) is 0 Å². The molecule has 0 saturated heterocycles. The lowest BCUT2D eigenvalue weighted by molar-refractivity contribution is -0.138. The third kappa shape index (κ3) is 96.3. The zero-order valence-corrected chi connectivity index (χ0v) is 45.7. The number of carbonyl (C=O) groups is 3. The summed E-state index contributed by atoms with van der Waals surface area (Å²) in [6.07, 6.45) is 60.6. The number of hydrogen-bond acceptors (Lipinski definition) is 6. The molecule has 0 aromatic heterocycles. The van der Waals surface area contributed by atoms with Gasteiger partial charge in [0.25, 0.3) is 0 Å². The van der Waals surface area contributed by atoms with Crippen molar-refractivity contribution in [3.8, 4) is 0 Å². The molecule has 0 aliphatic rings. The largest absolute Gasteiger partial charge is 0.481 e. The molecule has 0 fully saturated rings. The van der Waals surface area contributed by atoms with Crippen molar-refractivity contribution < 1.29 is 29.7 Å². The molecule has 0 atom stereocenters. The van der Waals surface area contributed by atoms with Crippen molar-refractivity contribution in [1.82, 2.24) is 0 Å². The summed E-state index contributed by atoms with van der Waals surface area (Å²) in [7, 11) is 4.50. The second kappa shape index (κ2) is 80.3. The molecule has 0 spiro atoms. The highest BCUT2D eigenvalue weighted by atomic mass is 16.4. The van der Waals surface area contributed by atoms with E-state index in [0.29, 0.717) is 19.3 Å². The average Bonchev–Trinajstić information content (AvgIpc) is 3.32. The summed E-state index contributed by atoms with van der Waals surface area (Å²) in [6, 6.07) is 0. The fourth-order valence-corrected chi connectivity index (χ4v) is 7.94. The topological polar surface area (TPSA) is 190 Å². The van der Waals surface area contributed by atoms with Crippen LogP contribution in [0.2, 0.25) is 0 Å². The predicted molar refractivity (Wildman–Crippen MR) is 292 cm³/mol. The standard InChI is InChI=1S/3C18H36O2.3CH5N/c3*1-2-3-4-5-6-7-8-9-10-11-12-13-14-15-16-17-18(19)20;3*1-2/h3*2-17H2,1H3,(H,19,20);3*2H2,1H3. The number of aliphatic carboxylic acids is 3. The van der Waals surface area contributed by atoms with Crippen LogP contribution in [0, 0.1) is 0 Å². The normalized spacial score (nSPS) is 10.1. The first-order valence-corrected chi connectivity index (χ1v) is 28.7. The van der Waals surface area contributed by atoms with Gasteiger partial charge in [0, 0.05) is 19.3 Å². The molecule has 0 aliphatic heterocycles. The fourth-order valence-electron chi connectivity index (χ4n) is 7.94. The SMILES string of the molecule is CCCCCCCCCCCCCCCCCC(=O)O.CCCCCCCCCCCCCCCCCC(=O)O.CCCCCCCCCCCCCCCCCC(=O)O.CN.CN.CN. The van der Waals surface area contributed by atoms with E-state index in [1.54, 1.807) is 0 Å². The summed E-state index contributed by atoms with van der Waals surface area (Å²) in [4.78, 5) is 31.0. The maximum absolute atomic E-state index is 10.3. The van der Waals surface area contributed by atoms with E-state index in [4.69, 9.17) is 15.3 Å². The van der Waals surface area contributed by atoms with Crippen molar-refractivity contribution in [3.05, 3.63) is 0 Å². The van der Waals surface area contributed by atoms with E-state index in [9.17, 15) is 14.4 Å². The Bertz CT molecular complexity index is 727. The molecule has 9 N–H and O–H groups in total. The third-order valence-corrected chi connectivity index (χ3v) is 12.0. The molecule has 0 aromatic rings. The number of unbranched alkanes of at least 4 members (excludes halogenated alkanes) is 42. The quantitative estimate of drug-likeness (QED) is 0.0322. The van der Waals surface area contributed by atoms with Crippen molar-refractivity contribution >= 4 is 17.9 Å². The van der Waals surface area contributed by atoms with E-state index >= 15 is 0 Å². The Morgan fingerprint density at radius 1 is 0.212 bits per heavy atom. The Kier molecular flexibility index (Phi) is 92.2. The van der Waals surface area contributed by atoms with E-state index in [1.807, 2.05) is 0 Å². The Balaban J connectivity index is -0.000000193. The van der Waals surface area contributed by atoms with Gasteiger partial charge in [-0.25, -0.2) is 0 Å². The molecule has 0 rings (SSSR count). The third-order valence-electron chi connectivity index (χ3n) is 12.0. The van der Waals surface area contributed by atoms with Gasteiger partial charge >= 0.3 is 17.9 Å². The number of carboxylic acid groups (broad SMARTS) is 3. The maximum Gasteiger partial charge on any atom is 0.303 e. The zero-order valence-electron chi connectivity index (χ0n) is 45.7. The summed E-state index contributed by atoms with van der Waals surface area (Å²) in [5.74, 6) is -1.96. The first kappa shape index (κ1) is 75.8. The number of rotatable bonds is 48. The summed E-state index contributed by atoms with van der Waals surface area (Å²) in [5.41, 5.74) is 13.5. The molecule has 9 nitrogen and oxygen atoms in total. The van der Waals surface area contributed by atoms with Crippen molar-refractivity contribution in [2.45, 2.75) is 329 Å². The molecule has 0 radical (unpaired) electrons. The second-order valence-electron chi connectivity index (χ2n) is 18.3. The van der Waals surface area contributed by atoms with Crippen LogP contribution < -0.4 is 17.2 Å². The van der Waals surface area contributed by atoms with Gasteiger partial charge in [-0.2, -0.15) is 0 Å². The summed E-state index contributed by atoms with van der Waals surface area (Å²) in [5, 5.41) is 25.6. The van der Waals surface area contributed by atoms with E-state index in [2.05, 4.69) is 38.0 Å². The maximum atomic E-state index is 10.3. The molecule has 66 heavy (non-hydrogen) atoms. The monoisotopic (exact) mass is 946 g/mol. The Morgan fingerprint density at radius 3 is 0.394 bits per heavy atom. The molecule has 0 heterocycles. The lowest BCUT2D eigenvalue weighted by atomic mass is 10.0. The van der Waals surface area contributed by atoms with Crippen LogP contribution in [0.3, 0.4) is 0 Å². The van der Waals surface area contributed by atoms with Gasteiger partial charge in [0.2, 0.25) is 0 Å². The minimum atomic E-state index is -0.653. The molecule has 402 valence electrons. The van der Waals surface area contributed by atoms with Crippen LogP contribution in [0.1, 0.15) is 329 Å². The van der Waals surface area contributed by atoms with Crippen LogP contribution in [0.4, 0.5) is 0 Å². The molecule has 0 bridgehead atoms. The van der Waals surface area contributed by atoms with Crippen LogP contribution in [-0.2, 0) is 14.4 Å². The van der Waals surface area contributed by atoms with Gasteiger partial charge in [0.05, 0.1) is 0 Å². The van der Waals surface area contributed by atoms with Gasteiger partial charge in [-0.15, -0.1) is 0 Å². The number of nitrogens with two attached hydrogens (primary N) is 3. The minimum absolute atomic E-state index is 0.345. The first-order chi connectivity index (χ1) is 32.3. The van der Waals surface area contributed by atoms with E-state index < -0.39 is 17.9 Å². The lowest BCUT2D eigenvalue weighted by Crippen LogP contribution is -1.93. The molecule has 0 saturated carbocycles. The summed E-state index contributed by atoms with van der Waals surface area (Å²) in [6.45, 7) is 6.81. The Hall–Kier alpha value is -1.71. The van der Waals surface area contributed by atoms with Gasteiger partial charge < -0.3 is 32.5 Å². The fraction of sp³-hybridized carbons (Fsp3) is 0.947. The van der Waals surface area contributed by atoms with Crippen molar-refractivity contribution in [2.24, 2.45) is 17.2 Å². The smallest absolute Gasteiger partial charge is 0.303 e. The summed E-state index contributed by atoms with van der Waals surface area (Å²) >= 11 is 0. The molecule has 0 aliphatic carbocycles. The molecule has 0 amide bonds. The van der Waals surface area contributed by atoms with E-state index in [0.717, 1.165) is 38.5 Å². The Morgan fingerprint density at radius 2 is 0.303 bits per heavy atom.